The molecule has 0 spiro atoms. The Morgan fingerprint density at radius 1 is 1.45 bits per heavy atom. The van der Waals surface area contributed by atoms with Crippen LogP contribution in [-0.4, -0.2) is 12.7 Å². The Morgan fingerprint density at radius 3 is 3.27 bits per heavy atom. The first kappa shape index (κ1) is 6.50. The average Bonchev–Trinajstić information content (AvgIpc) is 2.40. The van der Waals surface area contributed by atoms with Crippen LogP contribution in [0, 0.1) is 17.8 Å². The molecule has 1 saturated heterocycles. The molecule has 1 saturated carbocycles. The van der Waals surface area contributed by atoms with Crippen LogP contribution in [0.4, 0.5) is 0 Å². The minimum absolute atomic E-state index is 0.278. The third-order valence-corrected chi connectivity index (χ3v) is 3.67. The van der Waals surface area contributed by atoms with Crippen molar-refractivity contribution in [3.05, 3.63) is 11.1 Å². The Balaban J connectivity index is 2.05. The summed E-state index contributed by atoms with van der Waals surface area (Å²) in [6, 6.07) is 0. The molecule has 0 aromatic heterocycles. The molecule has 4 atom stereocenters. The van der Waals surface area contributed by atoms with Crippen LogP contribution in [0.25, 0.3) is 0 Å². The molecule has 2 aliphatic carbocycles. The highest BCUT2D eigenvalue weighted by Crippen LogP contribution is 2.50. The fourth-order valence-electron chi connectivity index (χ4n) is 2.86. The predicted octanol–water partition coefficient (Wildman–Crippen LogP) is 2.16. The highest BCUT2D eigenvalue weighted by Gasteiger charge is 2.47. The number of ether oxygens (including phenoxy) is 1. The third kappa shape index (κ3) is 0.759. The van der Waals surface area contributed by atoms with E-state index in [1.165, 1.54) is 12.8 Å². The van der Waals surface area contributed by atoms with Gasteiger partial charge in [0.15, 0.2) is 0 Å². The molecule has 1 aliphatic heterocycles. The topological polar surface area (TPSA) is 9.23 Å². The van der Waals surface area contributed by atoms with E-state index < -0.39 is 0 Å². The van der Waals surface area contributed by atoms with E-state index in [1.807, 2.05) is 0 Å². The van der Waals surface area contributed by atoms with Crippen molar-refractivity contribution >= 4 is 11.6 Å². The van der Waals surface area contributed by atoms with Gasteiger partial charge in [-0.1, -0.05) is 17.7 Å². The highest BCUT2D eigenvalue weighted by molar-refractivity contribution is 6.30. The number of hydrogen-bond acceptors (Lipinski definition) is 1. The van der Waals surface area contributed by atoms with E-state index in [0.29, 0.717) is 0 Å². The number of allylic oxidation sites excluding steroid dienone is 1. The van der Waals surface area contributed by atoms with Crippen molar-refractivity contribution in [1.29, 1.82) is 0 Å². The molecular formula is C9H11ClO. The molecule has 0 radical (unpaired) electrons. The van der Waals surface area contributed by atoms with Crippen molar-refractivity contribution in [2.75, 3.05) is 6.61 Å². The number of rotatable bonds is 0. The van der Waals surface area contributed by atoms with Crippen LogP contribution in [0.1, 0.15) is 12.8 Å². The van der Waals surface area contributed by atoms with Crippen LogP contribution < -0.4 is 0 Å². The second-order valence-corrected chi connectivity index (χ2v) is 4.40. The molecule has 60 valence electrons. The maximum Gasteiger partial charge on any atom is 0.0959 e. The zero-order chi connectivity index (χ0) is 7.42. The summed E-state index contributed by atoms with van der Waals surface area (Å²) in [6.45, 7) is 0.954. The summed E-state index contributed by atoms with van der Waals surface area (Å²) < 4.78 is 5.62. The van der Waals surface area contributed by atoms with Gasteiger partial charge in [-0.15, -0.1) is 0 Å². The van der Waals surface area contributed by atoms with Crippen molar-refractivity contribution < 1.29 is 4.74 Å². The van der Waals surface area contributed by atoms with E-state index in [2.05, 4.69) is 6.08 Å². The summed E-state index contributed by atoms with van der Waals surface area (Å²) in [5.74, 6) is 2.35. The van der Waals surface area contributed by atoms with E-state index in [0.717, 1.165) is 29.4 Å². The van der Waals surface area contributed by atoms with E-state index in [1.54, 1.807) is 0 Å². The monoisotopic (exact) mass is 170 g/mol. The fraction of sp³-hybridized carbons (Fsp3) is 0.778. The molecule has 0 amide bonds. The van der Waals surface area contributed by atoms with Crippen LogP contribution in [0.5, 0.6) is 0 Å². The van der Waals surface area contributed by atoms with Crippen LogP contribution in [0.2, 0.25) is 0 Å². The lowest BCUT2D eigenvalue weighted by atomic mass is 9.91. The van der Waals surface area contributed by atoms with Crippen LogP contribution in [-0.2, 0) is 4.74 Å². The van der Waals surface area contributed by atoms with Gasteiger partial charge in [0.05, 0.1) is 12.7 Å². The molecule has 0 N–H and O–H groups in total. The largest absolute Gasteiger partial charge is 0.372 e. The van der Waals surface area contributed by atoms with Crippen molar-refractivity contribution in [2.45, 2.75) is 18.9 Å². The summed E-state index contributed by atoms with van der Waals surface area (Å²) in [4.78, 5) is 0. The molecule has 1 nitrogen and oxygen atoms in total. The molecule has 2 fully saturated rings. The van der Waals surface area contributed by atoms with Gasteiger partial charge < -0.3 is 4.74 Å². The Kier molecular flexibility index (Phi) is 1.19. The Hall–Kier alpha value is -0.0100. The molecule has 2 heteroatoms. The minimum atomic E-state index is 0.278. The van der Waals surface area contributed by atoms with Crippen LogP contribution in [0.3, 0.4) is 0 Å². The minimum Gasteiger partial charge on any atom is -0.372 e. The van der Waals surface area contributed by atoms with Gasteiger partial charge in [0.1, 0.15) is 0 Å². The number of halogens is 1. The summed E-state index contributed by atoms with van der Waals surface area (Å²) in [7, 11) is 0. The number of fused-ring (bicyclic) bond motifs is 1. The summed E-state index contributed by atoms with van der Waals surface area (Å²) in [6.07, 6.45) is 5.13. The van der Waals surface area contributed by atoms with Gasteiger partial charge in [-0.2, -0.15) is 0 Å². The Labute approximate surface area is 71.4 Å². The second-order valence-electron chi connectivity index (χ2n) is 3.96. The van der Waals surface area contributed by atoms with Gasteiger partial charge in [-0.05, 0) is 30.6 Å². The molecule has 1 heterocycles. The molecule has 4 unspecified atom stereocenters. The lowest BCUT2D eigenvalue weighted by molar-refractivity contribution is 0.108. The quantitative estimate of drug-likeness (QED) is 0.542. The van der Waals surface area contributed by atoms with E-state index in [4.69, 9.17) is 16.3 Å². The van der Waals surface area contributed by atoms with E-state index in [9.17, 15) is 0 Å². The van der Waals surface area contributed by atoms with E-state index in [-0.39, 0.29) is 6.10 Å². The third-order valence-electron chi connectivity index (χ3n) is 3.33. The molecule has 11 heavy (non-hydrogen) atoms. The predicted molar refractivity (Wildman–Crippen MR) is 43.4 cm³/mol. The molecule has 0 aromatic carbocycles. The van der Waals surface area contributed by atoms with Crippen molar-refractivity contribution in [1.82, 2.24) is 0 Å². The zero-order valence-corrected chi connectivity index (χ0v) is 7.05. The van der Waals surface area contributed by atoms with Crippen LogP contribution >= 0.6 is 11.6 Å². The average molecular weight is 171 g/mol. The fourth-order valence-corrected chi connectivity index (χ4v) is 3.26. The summed E-state index contributed by atoms with van der Waals surface area (Å²) >= 11 is 6.08. The van der Waals surface area contributed by atoms with Crippen molar-refractivity contribution in [2.24, 2.45) is 17.8 Å². The zero-order valence-electron chi connectivity index (χ0n) is 6.29. The SMILES string of the molecule is ClC1=CC2CC3COC1C3C2. The maximum atomic E-state index is 6.08. The Morgan fingerprint density at radius 2 is 2.36 bits per heavy atom. The lowest BCUT2D eigenvalue weighted by Crippen LogP contribution is -2.20. The van der Waals surface area contributed by atoms with Crippen molar-refractivity contribution in [3.63, 3.8) is 0 Å². The molecule has 2 bridgehead atoms. The van der Waals surface area contributed by atoms with Gasteiger partial charge in [0.25, 0.3) is 0 Å². The number of hydrogen-bond donors (Lipinski definition) is 0. The first-order chi connectivity index (χ1) is 5.34. The smallest absolute Gasteiger partial charge is 0.0959 e. The Bertz CT molecular complexity index is 222. The maximum absolute atomic E-state index is 6.08. The first-order valence-corrected chi connectivity index (χ1v) is 4.71. The normalized spacial score (nSPS) is 53.0. The van der Waals surface area contributed by atoms with E-state index >= 15 is 0 Å². The van der Waals surface area contributed by atoms with Gasteiger partial charge in [0, 0.05) is 5.03 Å². The van der Waals surface area contributed by atoms with Crippen molar-refractivity contribution in [3.8, 4) is 0 Å². The van der Waals surface area contributed by atoms with Gasteiger partial charge in [0.2, 0.25) is 0 Å². The highest BCUT2D eigenvalue weighted by atomic mass is 35.5. The molecular weight excluding hydrogens is 160 g/mol. The molecule has 3 aliphatic rings. The lowest BCUT2D eigenvalue weighted by Gasteiger charge is -2.21. The van der Waals surface area contributed by atoms with Gasteiger partial charge >= 0.3 is 0 Å². The molecule has 0 aromatic rings. The summed E-state index contributed by atoms with van der Waals surface area (Å²) in [5, 5.41) is 0.978. The van der Waals surface area contributed by atoms with Gasteiger partial charge in [-0.25, -0.2) is 0 Å². The van der Waals surface area contributed by atoms with Crippen LogP contribution in [0.15, 0.2) is 11.1 Å². The summed E-state index contributed by atoms with van der Waals surface area (Å²) in [5.41, 5.74) is 0. The second kappa shape index (κ2) is 2.02. The standard InChI is InChI=1S/C9H11ClO/c10-8-3-5-1-6-4-11-9(8)7(6)2-5/h3,5-7,9H,1-2,4H2. The molecule has 3 rings (SSSR count). The first-order valence-electron chi connectivity index (χ1n) is 4.33. The van der Waals surface area contributed by atoms with Gasteiger partial charge in [-0.3, -0.25) is 0 Å².